The third-order valence-electron chi connectivity index (χ3n) is 3.70. The molecule has 0 aromatic heterocycles. The van der Waals surface area contributed by atoms with Gasteiger partial charge in [0.2, 0.25) is 5.91 Å². The molecule has 0 atom stereocenters. The summed E-state index contributed by atoms with van der Waals surface area (Å²) < 4.78 is 0. The highest BCUT2D eigenvalue weighted by atomic mass is 35.5. The Kier molecular flexibility index (Phi) is 3.82. The largest absolute Gasteiger partial charge is 0.340 e. The third kappa shape index (κ3) is 2.74. The van der Waals surface area contributed by atoms with E-state index in [1.807, 2.05) is 12.1 Å². The summed E-state index contributed by atoms with van der Waals surface area (Å²) in [5.41, 5.74) is 0.223. The van der Waals surface area contributed by atoms with E-state index >= 15 is 0 Å². The molecule has 0 bridgehead atoms. The zero-order valence-corrected chi connectivity index (χ0v) is 11.9. The lowest BCUT2D eigenvalue weighted by Gasteiger charge is -2.41. The Morgan fingerprint density at radius 3 is 2.53 bits per heavy atom. The highest BCUT2D eigenvalue weighted by Gasteiger charge is 2.50. The summed E-state index contributed by atoms with van der Waals surface area (Å²) in [6.07, 6.45) is 1.35. The van der Waals surface area contributed by atoms with Crippen LogP contribution in [0.25, 0.3) is 0 Å². The third-order valence-corrected chi connectivity index (χ3v) is 3.95. The Labute approximate surface area is 118 Å². The molecule has 1 aromatic carbocycles. The molecule has 0 radical (unpaired) electrons. The van der Waals surface area contributed by atoms with Gasteiger partial charge in [-0.2, -0.15) is 5.26 Å². The molecule has 0 N–H and O–H groups in total. The van der Waals surface area contributed by atoms with Gasteiger partial charge in [-0.3, -0.25) is 4.79 Å². The number of nitriles is 1. The van der Waals surface area contributed by atoms with Crippen molar-refractivity contribution in [2.75, 3.05) is 7.05 Å². The van der Waals surface area contributed by atoms with Crippen molar-refractivity contribution < 1.29 is 4.79 Å². The number of carbonyl (C=O) groups is 1. The van der Waals surface area contributed by atoms with Gasteiger partial charge in [0, 0.05) is 18.6 Å². The van der Waals surface area contributed by atoms with Crippen LogP contribution in [0.3, 0.4) is 0 Å². The SMILES string of the molecule is CC1CC(C#N)(C(=O)N(C)Cc2ccc(Cl)cc2)C1. The number of amides is 1. The summed E-state index contributed by atoms with van der Waals surface area (Å²) in [5.74, 6) is 0.399. The maximum Gasteiger partial charge on any atom is 0.243 e. The molecule has 1 fully saturated rings. The summed E-state index contributed by atoms with van der Waals surface area (Å²) in [6.45, 7) is 2.58. The Bertz CT molecular complexity index is 512. The molecule has 1 aliphatic rings. The summed E-state index contributed by atoms with van der Waals surface area (Å²) in [7, 11) is 1.75. The van der Waals surface area contributed by atoms with Crippen LogP contribution in [0.5, 0.6) is 0 Å². The van der Waals surface area contributed by atoms with Gasteiger partial charge in [-0.15, -0.1) is 0 Å². The Hall–Kier alpha value is -1.53. The van der Waals surface area contributed by atoms with Crippen LogP contribution < -0.4 is 0 Å². The fourth-order valence-corrected chi connectivity index (χ4v) is 2.87. The van der Waals surface area contributed by atoms with Crippen molar-refractivity contribution in [3.05, 3.63) is 34.9 Å². The Morgan fingerprint density at radius 2 is 2.05 bits per heavy atom. The van der Waals surface area contributed by atoms with Crippen LogP contribution in [0, 0.1) is 22.7 Å². The average Bonchev–Trinajstić information content (AvgIpc) is 2.36. The molecular weight excluding hydrogens is 260 g/mol. The second-order valence-electron chi connectivity index (χ2n) is 5.50. The van der Waals surface area contributed by atoms with Gasteiger partial charge in [-0.05, 0) is 36.5 Å². The molecule has 100 valence electrons. The van der Waals surface area contributed by atoms with Crippen LogP contribution in [0.2, 0.25) is 5.02 Å². The molecule has 1 aliphatic carbocycles. The molecule has 3 nitrogen and oxygen atoms in total. The monoisotopic (exact) mass is 276 g/mol. The number of rotatable bonds is 3. The van der Waals surface area contributed by atoms with Gasteiger partial charge >= 0.3 is 0 Å². The molecule has 0 spiro atoms. The average molecular weight is 277 g/mol. The quantitative estimate of drug-likeness (QED) is 0.851. The first kappa shape index (κ1) is 13.9. The molecular formula is C15H17ClN2O. The van der Waals surface area contributed by atoms with Crippen molar-refractivity contribution in [1.82, 2.24) is 4.90 Å². The predicted molar refractivity (Wildman–Crippen MR) is 74.4 cm³/mol. The zero-order valence-electron chi connectivity index (χ0n) is 11.2. The molecule has 1 aromatic rings. The number of hydrogen-bond donors (Lipinski definition) is 0. The van der Waals surface area contributed by atoms with Crippen LogP contribution in [0.1, 0.15) is 25.3 Å². The van der Waals surface area contributed by atoms with Gasteiger partial charge in [0.15, 0.2) is 0 Å². The van der Waals surface area contributed by atoms with E-state index in [0.717, 1.165) is 5.56 Å². The van der Waals surface area contributed by atoms with Gasteiger partial charge < -0.3 is 4.90 Å². The fourth-order valence-electron chi connectivity index (χ4n) is 2.74. The van der Waals surface area contributed by atoms with E-state index in [4.69, 9.17) is 11.6 Å². The topological polar surface area (TPSA) is 44.1 Å². The lowest BCUT2D eigenvalue weighted by molar-refractivity contribution is -0.144. The number of carbonyl (C=O) groups excluding carboxylic acids is 1. The van der Waals surface area contributed by atoms with Gasteiger partial charge in [0.25, 0.3) is 0 Å². The maximum atomic E-state index is 12.4. The number of hydrogen-bond acceptors (Lipinski definition) is 2. The van der Waals surface area contributed by atoms with Crippen LogP contribution in [0.15, 0.2) is 24.3 Å². The summed E-state index contributed by atoms with van der Waals surface area (Å²) in [5, 5.41) is 9.94. The molecule has 19 heavy (non-hydrogen) atoms. The molecule has 0 heterocycles. The Morgan fingerprint density at radius 1 is 1.47 bits per heavy atom. The molecule has 1 amide bonds. The molecule has 4 heteroatoms. The van der Waals surface area contributed by atoms with E-state index < -0.39 is 5.41 Å². The van der Waals surface area contributed by atoms with E-state index in [-0.39, 0.29) is 5.91 Å². The van der Waals surface area contributed by atoms with Gasteiger partial charge in [-0.1, -0.05) is 30.7 Å². The second kappa shape index (κ2) is 5.22. The van der Waals surface area contributed by atoms with Crippen molar-refractivity contribution in [2.24, 2.45) is 11.3 Å². The van der Waals surface area contributed by atoms with Crippen molar-refractivity contribution in [3.63, 3.8) is 0 Å². The van der Waals surface area contributed by atoms with Crippen molar-refractivity contribution in [3.8, 4) is 6.07 Å². The minimum Gasteiger partial charge on any atom is -0.340 e. The molecule has 0 aliphatic heterocycles. The zero-order chi connectivity index (χ0) is 14.0. The first-order valence-corrected chi connectivity index (χ1v) is 6.76. The van der Waals surface area contributed by atoms with E-state index in [1.54, 1.807) is 24.1 Å². The van der Waals surface area contributed by atoms with Gasteiger partial charge in [-0.25, -0.2) is 0 Å². The molecule has 1 saturated carbocycles. The van der Waals surface area contributed by atoms with Crippen LogP contribution >= 0.6 is 11.6 Å². The first-order valence-electron chi connectivity index (χ1n) is 6.38. The predicted octanol–water partition coefficient (Wildman–Crippen LogP) is 3.24. The van der Waals surface area contributed by atoms with E-state index in [1.165, 1.54) is 0 Å². The molecule has 0 unspecified atom stereocenters. The fraction of sp³-hybridized carbons (Fsp3) is 0.467. The lowest BCUT2D eigenvalue weighted by atomic mass is 9.63. The normalized spacial score (nSPS) is 25.3. The summed E-state index contributed by atoms with van der Waals surface area (Å²) in [6, 6.07) is 9.62. The minimum atomic E-state index is -0.791. The van der Waals surface area contributed by atoms with Gasteiger partial charge in [0.1, 0.15) is 5.41 Å². The highest BCUT2D eigenvalue weighted by Crippen LogP contribution is 2.46. The smallest absolute Gasteiger partial charge is 0.243 e. The minimum absolute atomic E-state index is 0.0666. The van der Waals surface area contributed by atoms with Gasteiger partial charge in [0.05, 0.1) is 6.07 Å². The highest BCUT2D eigenvalue weighted by molar-refractivity contribution is 6.30. The first-order chi connectivity index (χ1) is 8.97. The molecule has 0 saturated heterocycles. The van der Waals surface area contributed by atoms with Crippen LogP contribution in [-0.4, -0.2) is 17.9 Å². The maximum absolute atomic E-state index is 12.4. The number of halogens is 1. The number of benzene rings is 1. The van der Waals surface area contributed by atoms with Crippen molar-refractivity contribution in [1.29, 1.82) is 5.26 Å². The lowest BCUT2D eigenvalue weighted by Crippen LogP contribution is -2.48. The van der Waals surface area contributed by atoms with Crippen LogP contribution in [-0.2, 0) is 11.3 Å². The second-order valence-corrected chi connectivity index (χ2v) is 5.93. The summed E-state index contributed by atoms with van der Waals surface area (Å²) in [4.78, 5) is 14.0. The van der Waals surface area contributed by atoms with E-state index in [2.05, 4.69) is 13.0 Å². The van der Waals surface area contributed by atoms with E-state index in [9.17, 15) is 10.1 Å². The van der Waals surface area contributed by atoms with E-state index in [0.29, 0.717) is 30.3 Å². The van der Waals surface area contributed by atoms with Crippen LogP contribution in [0.4, 0.5) is 0 Å². The molecule has 2 rings (SSSR count). The van der Waals surface area contributed by atoms with Crippen molar-refractivity contribution in [2.45, 2.75) is 26.3 Å². The number of nitrogens with zero attached hydrogens (tertiary/aromatic N) is 2. The Balaban J connectivity index is 2.04. The standard InChI is InChI=1S/C15H17ClN2O/c1-11-7-15(8-11,10-17)14(19)18(2)9-12-3-5-13(16)6-4-12/h3-6,11H,7-9H2,1-2H3. The summed E-state index contributed by atoms with van der Waals surface area (Å²) >= 11 is 5.83. The van der Waals surface area contributed by atoms with Crippen molar-refractivity contribution >= 4 is 17.5 Å².